The number of alkyl halides is 3. The van der Waals surface area contributed by atoms with Crippen LogP contribution in [0.15, 0.2) is 51.7 Å². The number of rotatable bonds is 3. The van der Waals surface area contributed by atoms with E-state index < -0.39 is 34.5 Å². The molecule has 5 nitrogen and oxygen atoms in total. The highest BCUT2D eigenvalue weighted by Gasteiger charge is 2.40. The number of ether oxygens (including phenoxy) is 2. The molecule has 0 atom stereocenters. The van der Waals surface area contributed by atoms with Gasteiger partial charge in [0.1, 0.15) is 17.1 Å². The van der Waals surface area contributed by atoms with Crippen molar-refractivity contribution in [2.75, 3.05) is 0 Å². The van der Waals surface area contributed by atoms with Crippen molar-refractivity contribution in [1.82, 2.24) is 0 Å². The van der Waals surface area contributed by atoms with Crippen molar-refractivity contribution in [3.63, 3.8) is 0 Å². The van der Waals surface area contributed by atoms with Gasteiger partial charge in [-0.3, -0.25) is 9.59 Å². The lowest BCUT2D eigenvalue weighted by Crippen LogP contribution is -2.25. The van der Waals surface area contributed by atoms with Gasteiger partial charge < -0.3 is 13.9 Å². The molecule has 0 radical (unpaired) electrons. The standard InChI is InChI=1S/C25H25F3O5/c1-23(2,3)14-7-9-15(10-8-14)31-20-19(29)17-12-11-16(32-22(30)24(4,5)6)13-18(17)33-21(20)25(26,27)28/h7-13H,1-6H3. The summed E-state index contributed by atoms with van der Waals surface area (Å²) in [4.78, 5) is 25.0. The SMILES string of the molecule is CC(C)(C)C(=O)Oc1ccc2c(=O)c(Oc3ccc(C(C)(C)C)cc3)c(C(F)(F)F)oc2c1. The Morgan fingerprint density at radius 3 is 1.97 bits per heavy atom. The zero-order valence-corrected chi connectivity index (χ0v) is 19.2. The maximum Gasteiger partial charge on any atom is 0.453 e. The predicted molar refractivity (Wildman–Crippen MR) is 118 cm³/mol. The Kier molecular flexibility index (Phi) is 6.08. The molecule has 3 rings (SSSR count). The second-order valence-electron chi connectivity index (χ2n) is 9.76. The molecule has 0 unspecified atom stereocenters. The van der Waals surface area contributed by atoms with Crippen LogP contribution in [0.25, 0.3) is 11.0 Å². The minimum atomic E-state index is -4.99. The summed E-state index contributed by atoms with van der Waals surface area (Å²) in [7, 11) is 0. The fourth-order valence-corrected chi connectivity index (χ4v) is 2.90. The van der Waals surface area contributed by atoms with Crippen molar-refractivity contribution >= 4 is 16.9 Å². The monoisotopic (exact) mass is 462 g/mol. The highest BCUT2D eigenvalue weighted by Crippen LogP contribution is 2.39. The number of hydrogen-bond donors (Lipinski definition) is 0. The van der Waals surface area contributed by atoms with Gasteiger partial charge in [0.25, 0.3) is 5.76 Å². The van der Waals surface area contributed by atoms with Crippen LogP contribution < -0.4 is 14.9 Å². The predicted octanol–water partition coefficient (Wildman–Crippen LogP) is 6.85. The van der Waals surface area contributed by atoms with Crippen molar-refractivity contribution in [2.24, 2.45) is 5.41 Å². The van der Waals surface area contributed by atoms with Crippen LogP contribution in [0.4, 0.5) is 13.2 Å². The van der Waals surface area contributed by atoms with E-state index in [0.717, 1.165) is 11.6 Å². The summed E-state index contributed by atoms with van der Waals surface area (Å²) in [5.41, 5.74) is -1.40. The van der Waals surface area contributed by atoms with Gasteiger partial charge in [0.15, 0.2) is 0 Å². The number of hydrogen-bond acceptors (Lipinski definition) is 5. The van der Waals surface area contributed by atoms with Crippen LogP contribution in [0.1, 0.15) is 52.9 Å². The normalized spacial score (nSPS) is 12.6. The van der Waals surface area contributed by atoms with E-state index in [1.54, 1.807) is 32.9 Å². The number of carbonyl (C=O) groups is 1. The van der Waals surface area contributed by atoms with Crippen LogP contribution in [0.5, 0.6) is 17.2 Å². The van der Waals surface area contributed by atoms with Crippen molar-refractivity contribution in [3.05, 3.63) is 64.0 Å². The molecular weight excluding hydrogens is 437 g/mol. The van der Waals surface area contributed by atoms with E-state index in [-0.39, 0.29) is 27.9 Å². The molecule has 0 fully saturated rings. The van der Waals surface area contributed by atoms with Crippen molar-refractivity contribution in [3.8, 4) is 17.2 Å². The van der Waals surface area contributed by atoms with Gasteiger partial charge in [-0.1, -0.05) is 32.9 Å². The molecule has 176 valence electrons. The minimum Gasteiger partial charge on any atom is -0.449 e. The molecule has 1 aromatic heterocycles. The third kappa shape index (κ3) is 5.38. The minimum absolute atomic E-state index is 0.0369. The Morgan fingerprint density at radius 1 is 0.879 bits per heavy atom. The summed E-state index contributed by atoms with van der Waals surface area (Å²) in [6.07, 6.45) is -4.99. The highest BCUT2D eigenvalue weighted by atomic mass is 19.4. The molecule has 0 spiro atoms. The maximum absolute atomic E-state index is 13.7. The fraction of sp³-hybridized carbons (Fsp3) is 0.360. The molecule has 0 aliphatic rings. The third-order valence-electron chi connectivity index (χ3n) is 4.84. The molecule has 0 bridgehead atoms. The van der Waals surface area contributed by atoms with E-state index in [1.807, 2.05) is 20.8 Å². The zero-order valence-electron chi connectivity index (χ0n) is 19.2. The van der Waals surface area contributed by atoms with Gasteiger partial charge in [-0.2, -0.15) is 13.2 Å². The van der Waals surface area contributed by atoms with E-state index >= 15 is 0 Å². The third-order valence-corrected chi connectivity index (χ3v) is 4.84. The summed E-state index contributed by atoms with van der Waals surface area (Å²) < 4.78 is 56.9. The quantitative estimate of drug-likeness (QED) is 0.314. The van der Waals surface area contributed by atoms with Crippen LogP contribution in [0.2, 0.25) is 0 Å². The first kappa shape index (κ1) is 24.4. The molecular formula is C25H25F3O5. The Morgan fingerprint density at radius 2 is 1.45 bits per heavy atom. The summed E-state index contributed by atoms with van der Waals surface area (Å²) in [5, 5.41) is -0.139. The largest absolute Gasteiger partial charge is 0.453 e. The number of carbonyl (C=O) groups excluding carboxylic acids is 1. The van der Waals surface area contributed by atoms with Crippen LogP contribution in [-0.4, -0.2) is 5.97 Å². The molecule has 3 aromatic rings. The van der Waals surface area contributed by atoms with Crippen molar-refractivity contribution in [1.29, 1.82) is 0 Å². The molecule has 0 aliphatic heterocycles. The van der Waals surface area contributed by atoms with Gasteiger partial charge >= 0.3 is 12.1 Å². The molecule has 0 saturated heterocycles. The Labute approximate surface area is 189 Å². The van der Waals surface area contributed by atoms with Crippen LogP contribution in [0.3, 0.4) is 0 Å². The van der Waals surface area contributed by atoms with E-state index in [9.17, 15) is 22.8 Å². The van der Waals surface area contributed by atoms with Gasteiger partial charge in [-0.25, -0.2) is 0 Å². The van der Waals surface area contributed by atoms with Gasteiger partial charge in [0, 0.05) is 6.07 Å². The van der Waals surface area contributed by atoms with Gasteiger partial charge in [0.2, 0.25) is 11.2 Å². The highest BCUT2D eigenvalue weighted by molar-refractivity contribution is 5.82. The smallest absolute Gasteiger partial charge is 0.449 e. The second kappa shape index (κ2) is 8.24. The van der Waals surface area contributed by atoms with Gasteiger partial charge in [-0.05, 0) is 56.0 Å². The molecule has 8 heteroatoms. The lowest BCUT2D eigenvalue weighted by Gasteiger charge is -2.19. The van der Waals surface area contributed by atoms with Crippen LogP contribution in [-0.2, 0) is 16.4 Å². The molecule has 2 aromatic carbocycles. The van der Waals surface area contributed by atoms with Gasteiger partial charge in [-0.15, -0.1) is 0 Å². The van der Waals surface area contributed by atoms with E-state index in [1.165, 1.54) is 24.3 Å². The summed E-state index contributed by atoms with van der Waals surface area (Å²) in [6, 6.07) is 10.1. The first-order valence-corrected chi connectivity index (χ1v) is 10.3. The molecule has 0 N–H and O–H groups in total. The van der Waals surface area contributed by atoms with E-state index in [2.05, 4.69) is 0 Å². The second-order valence-corrected chi connectivity index (χ2v) is 9.76. The summed E-state index contributed by atoms with van der Waals surface area (Å²) in [6.45, 7) is 10.9. The van der Waals surface area contributed by atoms with Crippen LogP contribution >= 0.6 is 0 Å². The average molecular weight is 462 g/mol. The van der Waals surface area contributed by atoms with Crippen molar-refractivity contribution in [2.45, 2.75) is 53.1 Å². The maximum atomic E-state index is 13.7. The topological polar surface area (TPSA) is 65.7 Å². The fourth-order valence-electron chi connectivity index (χ4n) is 2.90. The average Bonchev–Trinajstić information content (AvgIpc) is 2.68. The van der Waals surface area contributed by atoms with Crippen LogP contribution in [0, 0.1) is 5.41 Å². The summed E-state index contributed by atoms with van der Waals surface area (Å²) in [5.74, 6) is -3.09. The first-order valence-electron chi connectivity index (χ1n) is 10.3. The molecule has 0 aliphatic carbocycles. The number of halogens is 3. The Bertz CT molecular complexity index is 1240. The first-order chi connectivity index (χ1) is 15.1. The molecule has 1 heterocycles. The zero-order chi connectivity index (χ0) is 24.8. The van der Waals surface area contributed by atoms with Crippen molar-refractivity contribution < 1.29 is 31.9 Å². The number of esters is 1. The van der Waals surface area contributed by atoms with E-state index in [4.69, 9.17) is 13.9 Å². The molecule has 0 saturated carbocycles. The van der Waals surface area contributed by atoms with E-state index in [0.29, 0.717) is 0 Å². The number of benzene rings is 2. The number of fused-ring (bicyclic) bond motifs is 1. The molecule has 0 amide bonds. The lowest BCUT2D eigenvalue weighted by molar-refractivity contribution is -0.154. The summed E-state index contributed by atoms with van der Waals surface area (Å²) >= 11 is 0. The Hall–Kier alpha value is -3.29. The lowest BCUT2D eigenvalue weighted by atomic mass is 9.87. The molecule has 33 heavy (non-hydrogen) atoms. The van der Waals surface area contributed by atoms with Gasteiger partial charge in [0.05, 0.1) is 10.8 Å². The Balaban J connectivity index is 2.08.